The summed E-state index contributed by atoms with van der Waals surface area (Å²) in [6, 6.07) is 0. The molecule has 6 heteroatoms. The predicted molar refractivity (Wildman–Crippen MR) is 69.7 cm³/mol. The van der Waals surface area contributed by atoms with Gasteiger partial charge in [0, 0.05) is 24.8 Å². The first-order chi connectivity index (χ1) is 8.66. The van der Waals surface area contributed by atoms with E-state index in [0.717, 1.165) is 29.5 Å². The quantitative estimate of drug-likeness (QED) is 0.668. The summed E-state index contributed by atoms with van der Waals surface area (Å²) < 4.78 is 2.17. The maximum absolute atomic E-state index is 10.5. The molecule has 0 radical (unpaired) electrons. The number of hydrogen-bond donors (Lipinski definition) is 1. The van der Waals surface area contributed by atoms with Crippen molar-refractivity contribution in [3.05, 3.63) is 17.5 Å². The van der Waals surface area contributed by atoms with Gasteiger partial charge in [0.05, 0.1) is 0 Å². The summed E-state index contributed by atoms with van der Waals surface area (Å²) in [5.41, 5.74) is 0.832. The lowest BCUT2D eigenvalue weighted by Gasteiger charge is -2.06. The summed E-state index contributed by atoms with van der Waals surface area (Å²) >= 11 is 1.56. The second kappa shape index (κ2) is 6.04. The maximum atomic E-state index is 10.5. The molecule has 2 rings (SSSR count). The number of rotatable bonds is 4. The Morgan fingerprint density at radius 1 is 1.44 bits per heavy atom. The number of nitrogens with zero attached hydrogens (tertiary/aromatic N) is 3. The van der Waals surface area contributed by atoms with Crippen molar-refractivity contribution < 1.29 is 9.90 Å². The summed E-state index contributed by atoms with van der Waals surface area (Å²) in [7, 11) is 0. The molecule has 0 saturated carbocycles. The third-order valence-corrected chi connectivity index (χ3v) is 4.03. The maximum Gasteiger partial charge on any atom is 0.328 e. The zero-order valence-corrected chi connectivity index (χ0v) is 11.2. The van der Waals surface area contributed by atoms with E-state index in [4.69, 9.17) is 5.11 Å². The van der Waals surface area contributed by atoms with Gasteiger partial charge in [0.1, 0.15) is 5.82 Å². The van der Waals surface area contributed by atoms with Crippen LogP contribution in [0.2, 0.25) is 0 Å². The van der Waals surface area contributed by atoms with Crippen molar-refractivity contribution in [1.29, 1.82) is 0 Å². The number of aliphatic carboxylic acids is 1. The van der Waals surface area contributed by atoms with Crippen molar-refractivity contribution in [2.24, 2.45) is 0 Å². The first-order valence-electron chi connectivity index (χ1n) is 6.12. The molecule has 98 valence electrons. The highest BCUT2D eigenvalue weighted by Gasteiger charge is 2.14. The van der Waals surface area contributed by atoms with E-state index in [1.807, 2.05) is 6.92 Å². The average molecular weight is 267 g/mol. The summed E-state index contributed by atoms with van der Waals surface area (Å²) in [5.74, 6) is 0.813. The smallest absolute Gasteiger partial charge is 0.328 e. The predicted octanol–water partition coefficient (Wildman–Crippen LogP) is 2.13. The molecule has 5 nitrogen and oxygen atoms in total. The molecule has 1 N–H and O–H groups in total. The van der Waals surface area contributed by atoms with Gasteiger partial charge in [-0.1, -0.05) is 23.8 Å². The van der Waals surface area contributed by atoms with Gasteiger partial charge in [-0.15, -0.1) is 10.2 Å². The van der Waals surface area contributed by atoms with Crippen molar-refractivity contribution >= 4 is 17.7 Å². The van der Waals surface area contributed by atoms with Gasteiger partial charge < -0.3 is 9.67 Å². The molecule has 1 aliphatic rings. The van der Waals surface area contributed by atoms with E-state index in [1.165, 1.54) is 25.3 Å². The number of aryl methyl sites for hydroxylation is 1. The SMILES string of the molecule is CC(=CC(=O)O)CSc1nnc2n1CCCCC2. The van der Waals surface area contributed by atoms with Crippen molar-refractivity contribution in [3.63, 3.8) is 0 Å². The van der Waals surface area contributed by atoms with E-state index < -0.39 is 5.97 Å². The lowest BCUT2D eigenvalue weighted by Crippen LogP contribution is -2.02. The minimum Gasteiger partial charge on any atom is -0.478 e. The molecule has 0 saturated heterocycles. The second-order valence-corrected chi connectivity index (χ2v) is 5.42. The van der Waals surface area contributed by atoms with Crippen LogP contribution in [0.25, 0.3) is 0 Å². The monoisotopic (exact) mass is 267 g/mol. The van der Waals surface area contributed by atoms with Crippen LogP contribution in [-0.2, 0) is 17.8 Å². The number of carboxylic acids is 1. The van der Waals surface area contributed by atoms with Gasteiger partial charge in [-0.3, -0.25) is 0 Å². The van der Waals surface area contributed by atoms with Crippen molar-refractivity contribution in [2.45, 2.75) is 44.3 Å². The van der Waals surface area contributed by atoms with E-state index in [0.29, 0.717) is 5.75 Å². The fourth-order valence-electron chi connectivity index (χ4n) is 2.00. The molecule has 1 aromatic rings. The Morgan fingerprint density at radius 3 is 3.06 bits per heavy atom. The number of fused-ring (bicyclic) bond motifs is 1. The van der Waals surface area contributed by atoms with E-state index >= 15 is 0 Å². The van der Waals surface area contributed by atoms with Crippen molar-refractivity contribution in [2.75, 3.05) is 5.75 Å². The summed E-state index contributed by atoms with van der Waals surface area (Å²) in [5, 5.41) is 18.0. The average Bonchev–Trinajstić information content (AvgIpc) is 2.54. The Bertz CT molecular complexity index is 468. The topological polar surface area (TPSA) is 68.0 Å². The van der Waals surface area contributed by atoms with Gasteiger partial charge in [0.25, 0.3) is 0 Å². The molecular formula is C12H17N3O2S. The standard InChI is InChI=1S/C12H17N3O2S/c1-9(7-11(16)17)8-18-12-14-13-10-5-3-2-4-6-15(10)12/h7H,2-6,8H2,1H3,(H,16,17). The van der Waals surface area contributed by atoms with E-state index in [-0.39, 0.29) is 0 Å². The van der Waals surface area contributed by atoms with Gasteiger partial charge in [0.2, 0.25) is 0 Å². The van der Waals surface area contributed by atoms with Gasteiger partial charge in [0.15, 0.2) is 5.16 Å². The Balaban J connectivity index is 2.02. The first-order valence-corrected chi connectivity index (χ1v) is 7.10. The van der Waals surface area contributed by atoms with Gasteiger partial charge in [-0.05, 0) is 19.8 Å². The molecule has 0 bridgehead atoms. The van der Waals surface area contributed by atoms with Crippen LogP contribution in [0.4, 0.5) is 0 Å². The lowest BCUT2D eigenvalue weighted by atomic mass is 10.2. The van der Waals surface area contributed by atoms with Crippen LogP contribution in [-0.4, -0.2) is 31.6 Å². The van der Waals surface area contributed by atoms with Crippen LogP contribution in [0.5, 0.6) is 0 Å². The summed E-state index contributed by atoms with van der Waals surface area (Å²) in [4.78, 5) is 10.5. The molecule has 0 atom stereocenters. The second-order valence-electron chi connectivity index (χ2n) is 4.48. The number of carbonyl (C=O) groups is 1. The third kappa shape index (κ3) is 3.35. The molecule has 0 aliphatic carbocycles. The van der Waals surface area contributed by atoms with Crippen molar-refractivity contribution in [1.82, 2.24) is 14.8 Å². The molecule has 2 heterocycles. The van der Waals surface area contributed by atoms with Crippen LogP contribution in [0.1, 0.15) is 32.0 Å². The Hall–Kier alpha value is -1.30. The summed E-state index contributed by atoms with van der Waals surface area (Å²) in [6.45, 7) is 2.80. The minimum absolute atomic E-state index is 0.643. The summed E-state index contributed by atoms with van der Waals surface area (Å²) in [6.07, 6.45) is 5.83. The molecule has 0 spiro atoms. The lowest BCUT2D eigenvalue weighted by molar-refractivity contribution is -0.131. The number of carboxylic acid groups (broad SMARTS) is 1. The number of thioether (sulfide) groups is 1. The molecule has 1 aromatic heterocycles. The normalized spacial score (nSPS) is 16.2. The molecular weight excluding hydrogens is 250 g/mol. The molecule has 0 fully saturated rings. The van der Waals surface area contributed by atoms with Crippen LogP contribution in [0.15, 0.2) is 16.8 Å². The molecule has 18 heavy (non-hydrogen) atoms. The van der Waals surface area contributed by atoms with Crippen LogP contribution in [0.3, 0.4) is 0 Å². The molecule has 0 unspecified atom stereocenters. The Labute approximate surface area is 110 Å². The highest BCUT2D eigenvalue weighted by Crippen LogP contribution is 2.23. The van der Waals surface area contributed by atoms with Crippen LogP contribution < -0.4 is 0 Å². The highest BCUT2D eigenvalue weighted by molar-refractivity contribution is 7.99. The van der Waals surface area contributed by atoms with Gasteiger partial charge in [-0.25, -0.2) is 4.79 Å². The zero-order chi connectivity index (χ0) is 13.0. The minimum atomic E-state index is -0.895. The van der Waals surface area contributed by atoms with Crippen molar-refractivity contribution in [3.8, 4) is 0 Å². The van der Waals surface area contributed by atoms with Crippen LogP contribution in [0, 0.1) is 0 Å². The highest BCUT2D eigenvalue weighted by atomic mass is 32.2. The zero-order valence-electron chi connectivity index (χ0n) is 10.4. The molecule has 0 aromatic carbocycles. The van der Waals surface area contributed by atoms with Gasteiger partial charge >= 0.3 is 5.97 Å². The molecule has 0 amide bonds. The molecule has 1 aliphatic heterocycles. The number of hydrogen-bond acceptors (Lipinski definition) is 4. The first kappa shape index (κ1) is 13.1. The fourth-order valence-corrected chi connectivity index (χ4v) is 2.89. The Morgan fingerprint density at radius 2 is 2.28 bits per heavy atom. The van der Waals surface area contributed by atoms with E-state index in [2.05, 4.69) is 14.8 Å². The Kier molecular flexibility index (Phi) is 4.41. The van der Waals surface area contributed by atoms with E-state index in [9.17, 15) is 4.79 Å². The fraction of sp³-hybridized carbons (Fsp3) is 0.583. The third-order valence-electron chi connectivity index (χ3n) is 2.87. The largest absolute Gasteiger partial charge is 0.478 e. The van der Waals surface area contributed by atoms with Crippen LogP contribution >= 0.6 is 11.8 Å². The number of aromatic nitrogens is 3. The van der Waals surface area contributed by atoms with Gasteiger partial charge in [-0.2, -0.15) is 0 Å². The van der Waals surface area contributed by atoms with E-state index in [1.54, 1.807) is 11.8 Å².